The molecule has 16 heavy (non-hydrogen) atoms. The molecule has 1 aliphatic carbocycles. The second-order valence-corrected chi connectivity index (χ2v) is 5.83. The minimum Gasteiger partial charge on any atom is -0.339 e. The van der Waals surface area contributed by atoms with Crippen molar-refractivity contribution in [3.8, 4) is 0 Å². The van der Waals surface area contributed by atoms with Crippen molar-refractivity contribution in [3.63, 3.8) is 0 Å². The van der Waals surface area contributed by atoms with Gasteiger partial charge in [0.2, 0.25) is 5.91 Å². The number of piperidine rings is 1. The minimum absolute atomic E-state index is 0.189. The molecule has 0 radical (unpaired) electrons. The molecule has 0 spiro atoms. The van der Waals surface area contributed by atoms with E-state index in [4.69, 9.17) is 5.73 Å². The average Bonchev–Trinajstić information content (AvgIpc) is 2.21. The van der Waals surface area contributed by atoms with Crippen LogP contribution in [0.4, 0.5) is 0 Å². The molecule has 2 atom stereocenters. The number of carbonyl (C=O) groups excluding carboxylic acids is 1. The minimum atomic E-state index is -0.189. The van der Waals surface area contributed by atoms with Gasteiger partial charge in [-0.2, -0.15) is 0 Å². The predicted molar refractivity (Wildman–Crippen MR) is 64.9 cm³/mol. The number of nitrogens with two attached hydrogens (primary N) is 1. The Morgan fingerprint density at radius 1 is 1.38 bits per heavy atom. The molecule has 2 fully saturated rings. The Balaban J connectivity index is 2.07. The molecule has 3 heteroatoms. The maximum absolute atomic E-state index is 12.5. The molecule has 1 aliphatic heterocycles. The third-order valence-electron chi connectivity index (χ3n) is 4.53. The summed E-state index contributed by atoms with van der Waals surface area (Å²) < 4.78 is 0. The third kappa shape index (κ3) is 1.86. The van der Waals surface area contributed by atoms with E-state index in [0.717, 1.165) is 25.8 Å². The van der Waals surface area contributed by atoms with Gasteiger partial charge in [-0.15, -0.1) is 0 Å². The molecule has 0 aromatic heterocycles. The summed E-state index contributed by atoms with van der Waals surface area (Å²) in [5, 5.41) is 0. The monoisotopic (exact) mass is 224 g/mol. The summed E-state index contributed by atoms with van der Waals surface area (Å²) in [5.74, 6) is 0.982. The number of nitrogens with zero attached hydrogens (tertiary/aromatic N) is 1. The van der Waals surface area contributed by atoms with Gasteiger partial charge < -0.3 is 10.6 Å². The molecule has 1 saturated heterocycles. The fourth-order valence-electron chi connectivity index (χ4n) is 2.99. The van der Waals surface area contributed by atoms with E-state index in [0.29, 0.717) is 24.4 Å². The van der Waals surface area contributed by atoms with Crippen molar-refractivity contribution < 1.29 is 4.79 Å². The molecule has 1 amide bonds. The van der Waals surface area contributed by atoms with Crippen molar-refractivity contribution in [2.45, 2.75) is 52.0 Å². The fraction of sp³-hybridized carbons (Fsp3) is 0.923. The van der Waals surface area contributed by atoms with Gasteiger partial charge in [-0.1, -0.05) is 13.3 Å². The van der Waals surface area contributed by atoms with Crippen LogP contribution in [-0.2, 0) is 4.79 Å². The maximum Gasteiger partial charge on any atom is 0.230 e. The molecule has 0 bridgehead atoms. The van der Waals surface area contributed by atoms with Gasteiger partial charge in [0.15, 0.2) is 0 Å². The first-order chi connectivity index (χ1) is 7.59. The number of rotatable bonds is 2. The third-order valence-corrected chi connectivity index (χ3v) is 4.53. The number of amides is 1. The number of hydrogen-bond acceptors (Lipinski definition) is 2. The van der Waals surface area contributed by atoms with Gasteiger partial charge in [-0.3, -0.25) is 4.79 Å². The molecule has 92 valence electrons. The lowest BCUT2D eigenvalue weighted by Crippen LogP contribution is -2.56. The van der Waals surface area contributed by atoms with Gasteiger partial charge in [-0.05, 0) is 38.5 Å². The molecule has 2 rings (SSSR count). The van der Waals surface area contributed by atoms with Gasteiger partial charge in [0.25, 0.3) is 0 Å². The second-order valence-electron chi connectivity index (χ2n) is 5.83. The first kappa shape index (κ1) is 11.9. The quantitative estimate of drug-likeness (QED) is 0.777. The van der Waals surface area contributed by atoms with Gasteiger partial charge in [-0.25, -0.2) is 0 Å². The lowest BCUT2D eigenvalue weighted by Gasteiger charge is -2.47. The first-order valence-corrected chi connectivity index (χ1v) is 6.60. The summed E-state index contributed by atoms with van der Waals surface area (Å²) in [5.41, 5.74) is 5.62. The SMILES string of the molecule is CC1CCC(C)N(C(=O)C2(CN)CCC2)C1. The number of carbonyl (C=O) groups is 1. The van der Waals surface area contributed by atoms with E-state index in [2.05, 4.69) is 18.7 Å². The second kappa shape index (κ2) is 4.36. The Hall–Kier alpha value is -0.570. The van der Waals surface area contributed by atoms with Crippen LogP contribution in [0.3, 0.4) is 0 Å². The van der Waals surface area contributed by atoms with Crippen LogP contribution in [0.1, 0.15) is 46.0 Å². The van der Waals surface area contributed by atoms with Crippen molar-refractivity contribution in [2.75, 3.05) is 13.1 Å². The van der Waals surface area contributed by atoms with E-state index in [9.17, 15) is 4.79 Å². The van der Waals surface area contributed by atoms with E-state index < -0.39 is 0 Å². The summed E-state index contributed by atoms with van der Waals surface area (Å²) in [6.07, 6.45) is 5.56. The molecular weight excluding hydrogens is 200 g/mol. The Morgan fingerprint density at radius 2 is 2.06 bits per heavy atom. The fourth-order valence-corrected chi connectivity index (χ4v) is 2.99. The number of likely N-dealkylation sites (tertiary alicyclic amines) is 1. The largest absolute Gasteiger partial charge is 0.339 e. The van der Waals surface area contributed by atoms with E-state index in [1.165, 1.54) is 12.8 Å². The van der Waals surface area contributed by atoms with Crippen molar-refractivity contribution in [1.82, 2.24) is 4.90 Å². The molecule has 2 unspecified atom stereocenters. The summed E-state index contributed by atoms with van der Waals surface area (Å²) in [7, 11) is 0. The molecule has 0 aromatic rings. The zero-order valence-electron chi connectivity index (χ0n) is 10.5. The van der Waals surface area contributed by atoms with Gasteiger partial charge >= 0.3 is 0 Å². The van der Waals surface area contributed by atoms with Crippen LogP contribution in [0.15, 0.2) is 0 Å². The molecular formula is C13H24N2O. The highest BCUT2D eigenvalue weighted by molar-refractivity contribution is 5.84. The molecule has 2 aliphatic rings. The molecule has 2 N–H and O–H groups in total. The zero-order chi connectivity index (χ0) is 11.8. The van der Waals surface area contributed by atoms with Crippen LogP contribution in [0.25, 0.3) is 0 Å². The summed E-state index contributed by atoms with van der Waals surface area (Å²) in [4.78, 5) is 14.6. The van der Waals surface area contributed by atoms with Crippen LogP contribution < -0.4 is 5.73 Å². The molecule has 1 saturated carbocycles. The van der Waals surface area contributed by atoms with Crippen molar-refractivity contribution in [1.29, 1.82) is 0 Å². The van der Waals surface area contributed by atoms with Gasteiger partial charge in [0.05, 0.1) is 5.41 Å². The maximum atomic E-state index is 12.5. The topological polar surface area (TPSA) is 46.3 Å². The highest BCUT2D eigenvalue weighted by Gasteiger charge is 2.46. The van der Waals surface area contributed by atoms with Crippen LogP contribution in [-0.4, -0.2) is 29.9 Å². The van der Waals surface area contributed by atoms with Crippen molar-refractivity contribution >= 4 is 5.91 Å². The standard InChI is InChI=1S/C13H24N2O/c1-10-4-5-11(2)15(8-10)12(16)13(9-14)6-3-7-13/h10-11H,3-9,14H2,1-2H3. The summed E-state index contributed by atoms with van der Waals surface area (Å²) >= 11 is 0. The average molecular weight is 224 g/mol. The van der Waals surface area contributed by atoms with E-state index in [1.54, 1.807) is 0 Å². The predicted octanol–water partition coefficient (Wildman–Crippen LogP) is 1.76. The Labute approximate surface area is 98.4 Å². The lowest BCUT2D eigenvalue weighted by atomic mass is 9.67. The molecule has 3 nitrogen and oxygen atoms in total. The zero-order valence-corrected chi connectivity index (χ0v) is 10.5. The van der Waals surface area contributed by atoms with Gasteiger partial charge in [0, 0.05) is 19.1 Å². The van der Waals surface area contributed by atoms with E-state index >= 15 is 0 Å². The highest BCUT2D eigenvalue weighted by Crippen LogP contribution is 2.42. The van der Waals surface area contributed by atoms with Crippen LogP contribution in [0.5, 0.6) is 0 Å². The smallest absolute Gasteiger partial charge is 0.230 e. The van der Waals surface area contributed by atoms with Gasteiger partial charge in [0.1, 0.15) is 0 Å². The van der Waals surface area contributed by atoms with E-state index in [-0.39, 0.29) is 5.41 Å². The number of hydrogen-bond donors (Lipinski definition) is 1. The highest BCUT2D eigenvalue weighted by atomic mass is 16.2. The molecule has 0 aromatic carbocycles. The van der Waals surface area contributed by atoms with Crippen LogP contribution in [0.2, 0.25) is 0 Å². The van der Waals surface area contributed by atoms with Crippen molar-refractivity contribution in [2.24, 2.45) is 17.1 Å². The van der Waals surface area contributed by atoms with Crippen LogP contribution >= 0.6 is 0 Å². The lowest BCUT2D eigenvalue weighted by molar-refractivity contribution is -0.151. The summed E-state index contributed by atoms with van der Waals surface area (Å²) in [6.45, 7) is 5.87. The normalized spacial score (nSPS) is 33.3. The van der Waals surface area contributed by atoms with Crippen LogP contribution in [0, 0.1) is 11.3 Å². The Kier molecular flexibility index (Phi) is 3.24. The van der Waals surface area contributed by atoms with E-state index in [1.807, 2.05) is 0 Å². The Bertz CT molecular complexity index is 268. The van der Waals surface area contributed by atoms with Crippen molar-refractivity contribution in [3.05, 3.63) is 0 Å². The first-order valence-electron chi connectivity index (χ1n) is 6.60. The summed E-state index contributed by atoms with van der Waals surface area (Å²) in [6, 6.07) is 0.410. The Morgan fingerprint density at radius 3 is 2.56 bits per heavy atom. The molecule has 1 heterocycles.